The molecule has 127 heavy (non-hydrogen) atoms. The van der Waals surface area contributed by atoms with Gasteiger partial charge in [-0.2, -0.15) is 96.6 Å². The van der Waals surface area contributed by atoms with E-state index in [9.17, 15) is 184 Å². The van der Waals surface area contributed by atoms with E-state index in [1.807, 2.05) is 106 Å². The van der Waals surface area contributed by atoms with Crippen LogP contribution in [0.25, 0.3) is 22.3 Å². The van der Waals surface area contributed by atoms with E-state index < -0.39 is 284 Å². The van der Waals surface area contributed by atoms with Gasteiger partial charge >= 0.3 is 47.4 Å². The van der Waals surface area contributed by atoms with E-state index in [1.165, 1.54) is 5.56 Å². The highest BCUT2D eigenvalue weighted by Gasteiger charge is 2.82. The molecular weight excluding hydrogens is 1850 g/mol. The number of halogens is 42. The van der Waals surface area contributed by atoms with Crippen molar-refractivity contribution in [3.05, 3.63) is 241 Å². The minimum Gasteiger partial charge on any atom is -0.491 e. The van der Waals surface area contributed by atoms with Crippen LogP contribution in [0.2, 0.25) is 0 Å². The maximum absolute atomic E-state index is 14.8. The molecule has 0 amide bonds. The molecule has 8 aromatic rings. The molecule has 706 valence electrons. The second kappa shape index (κ2) is 45.2. The molecule has 1 aliphatic carbocycles. The number of alkyl halides is 20. The van der Waals surface area contributed by atoms with Crippen LogP contribution in [0.5, 0.6) is 17.2 Å². The fourth-order valence-electron chi connectivity index (χ4n) is 9.90. The number of ether oxygens (including phenoxy) is 4. The Morgan fingerprint density at radius 2 is 0.575 bits per heavy atom. The van der Waals surface area contributed by atoms with Gasteiger partial charge in [-0.3, -0.25) is 0 Å². The minimum atomic E-state index is -7.65. The first-order valence-corrected chi connectivity index (χ1v) is 33.0. The highest BCUT2D eigenvalue weighted by Crippen LogP contribution is 2.56. The van der Waals surface area contributed by atoms with Crippen molar-refractivity contribution < 1.29 is 219 Å². The molecule has 0 aromatic heterocycles. The van der Waals surface area contributed by atoms with Gasteiger partial charge in [0.15, 0.2) is 124 Å². The van der Waals surface area contributed by atoms with Crippen LogP contribution >= 0.6 is 0 Å². The Morgan fingerprint density at radius 3 is 0.819 bits per heavy atom. The Balaban J connectivity index is 0.000000965. The van der Waals surface area contributed by atoms with Crippen LogP contribution in [0, 0.1) is 159 Å². The lowest BCUT2D eigenvalue weighted by atomic mass is 9.77. The van der Waals surface area contributed by atoms with E-state index in [0.717, 1.165) is 23.8 Å². The number of aliphatic hydroxyl groups is 3. The average Bonchev–Trinajstić information content (AvgIpc) is 0.737. The highest BCUT2D eigenvalue weighted by atomic mass is 19.4. The molecule has 0 radical (unpaired) electrons. The zero-order valence-corrected chi connectivity index (χ0v) is 62.3. The molecule has 0 bridgehead atoms. The predicted molar refractivity (Wildman–Crippen MR) is 365 cm³/mol. The Bertz CT molecular complexity index is 4870. The van der Waals surface area contributed by atoms with E-state index in [1.54, 1.807) is 0 Å². The number of aryl methyl sites for hydroxylation is 1. The summed E-state index contributed by atoms with van der Waals surface area (Å²) in [6.07, 6.45) is -11.2. The van der Waals surface area contributed by atoms with Crippen molar-refractivity contribution >= 4 is 0 Å². The third-order valence-electron chi connectivity index (χ3n) is 16.3. The quantitative estimate of drug-likeness (QED) is 0.0321. The Morgan fingerprint density at radius 1 is 0.331 bits per heavy atom. The average molecular weight is 1910 g/mol. The topological polar surface area (TPSA) is 97.6 Å². The van der Waals surface area contributed by atoms with Gasteiger partial charge < -0.3 is 34.3 Å². The lowest BCUT2D eigenvalue weighted by molar-refractivity contribution is -0.373. The number of benzene rings is 8. The molecule has 3 N–H and O–H groups in total. The summed E-state index contributed by atoms with van der Waals surface area (Å²) in [4.78, 5) is 0. The van der Waals surface area contributed by atoms with Gasteiger partial charge in [-0.15, -0.1) is 6.42 Å². The van der Waals surface area contributed by atoms with Gasteiger partial charge in [-0.05, 0) is 48.9 Å². The van der Waals surface area contributed by atoms with Gasteiger partial charge in [-0.1, -0.05) is 95.0 Å². The molecule has 0 saturated heterocycles. The van der Waals surface area contributed by atoms with Gasteiger partial charge in [0, 0.05) is 36.5 Å². The van der Waals surface area contributed by atoms with Crippen LogP contribution in [-0.2, 0) is 4.74 Å². The minimum absolute atomic E-state index is 0. The summed E-state index contributed by atoms with van der Waals surface area (Å²) in [6, 6.07) is 27.9. The number of terminal acetylenes is 1. The van der Waals surface area contributed by atoms with E-state index in [2.05, 4.69) is 36.7 Å². The van der Waals surface area contributed by atoms with Crippen LogP contribution in [-0.4, -0.2) is 141 Å². The van der Waals surface area contributed by atoms with Crippen LogP contribution in [0.15, 0.2) is 84.9 Å². The van der Waals surface area contributed by atoms with Crippen molar-refractivity contribution in [1.82, 2.24) is 0 Å². The van der Waals surface area contributed by atoms with Crippen molar-refractivity contribution in [2.24, 2.45) is 0 Å². The van der Waals surface area contributed by atoms with Crippen molar-refractivity contribution in [3.63, 3.8) is 0 Å². The zero-order chi connectivity index (χ0) is 96.8. The summed E-state index contributed by atoms with van der Waals surface area (Å²) >= 11 is 0. The maximum Gasteiger partial charge on any atom is 0.381 e. The summed E-state index contributed by atoms with van der Waals surface area (Å²) in [7, 11) is 1.93. The third kappa shape index (κ3) is 22.8. The van der Waals surface area contributed by atoms with E-state index >= 15 is 0 Å². The van der Waals surface area contributed by atoms with Gasteiger partial charge in [0.05, 0.1) is 35.3 Å². The number of aliphatic hydroxyl groups excluding tert-OH is 3. The largest absolute Gasteiger partial charge is 0.491 e. The number of hydrogen-bond acceptors (Lipinski definition) is 7. The number of hydrogen-bond donors (Lipinski definition) is 3. The van der Waals surface area contributed by atoms with Gasteiger partial charge in [-0.25, -0.2) is 87.8 Å². The fourth-order valence-corrected chi connectivity index (χ4v) is 9.90. The summed E-state index contributed by atoms with van der Waals surface area (Å²) in [5.74, 6) is -119. The highest BCUT2D eigenvalue weighted by molar-refractivity contribution is 5.70. The molecular formula is C78H58F42O7. The molecule has 4 atom stereocenters. The molecule has 4 unspecified atom stereocenters. The molecule has 9 rings (SSSR count). The van der Waals surface area contributed by atoms with E-state index in [0.29, 0.717) is 14.2 Å². The lowest BCUT2D eigenvalue weighted by Gasteiger charge is -2.39. The number of methoxy groups -OCH3 is 2. The third-order valence-corrected chi connectivity index (χ3v) is 16.3. The molecule has 1 fully saturated rings. The fraction of sp³-hybridized carbons (Fsp3) is 0.333. The van der Waals surface area contributed by atoms with Crippen LogP contribution in [0.3, 0.4) is 0 Å². The smallest absolute Gasteiger partial charge is 0.381 e. The van der Waals surface area contributed by atoms with Crippen molar-refractivity contribution in [3.8, 4) is 63.7 Å². The Labute approximate surface area is 689 Å². The van der Waals surface area contributed by atoms with Gasteiger partial charge in [0.1, 0.15) is 31.7 Å². The Kier molecular flexibility index (Phi) is 40.7. The normalized spacial score (nSPS) is 15.8. The van der Waals surface area contributed by atoms with Crippen LogP contribution in [0.4, 0.5) is 184 Å². The molecule has 8 aromatic carbocycles. The second-order valence-electron chi connectivity index (χ2n) is 24.0. The standard InChI is InChI=1S/C32H16F24O4.C14H10.C12F10.C9H8.C6H6F8O2.C2H6.CH4O.2CH4/c1-57-25-17(41)9(33)5(10(34)18(25)42)7-13(37)21(45)27(22(46)14(7)38)59-3-29(49,50)31(53,54)32(55,56)30(51,52)4-60-28-23(47)15(39)8(16(40)24(28)48)6-11(35)19(43)26(58-2)20(44)12(6)36;1-3-7-13(8-4-1)11-12-14-9-5-2-6-10-14;13-3-1(4(14)8(18)11(21)7(3)17)2-5(15)9(19)12(22)10(20)6(2)16;1-3-9-6-4-5-8(2)7-9;7-3(8,1-15)5(11,12)6(13,14)4(9,10)2-16;2*1-2;;/h5,9-10,17-18,25H,3-4H2,1-2H3;1-10H;;1,4-7H,2H3;15-16H,1-2H2;1-2H3;2H,1H3;2*1H4. The monoisotopic (exact) mass is 1900 g/mol. The van der Waals surface area contributed by atoms with Gasteiger partial charge in [0.2, 0.25) is 46.5 Å². The van der Waals surface area contributed by atoms with Gasteiger partial charge in [0.25, 0.3) is 0 Å². The SMILES string of the molecule is C.C.C#Cc1cccc(C)c1.C(#Cc1ccccc1)c1ccccc1.CC.CO.COc1c(F)c(F)c(-c2c(F)c(F)c(OCC(F)(F)C(F)(F)C(F)(F)C(F)(F)COc3c(F)c(F)c(C4C(F)C(F)C(OC)C(F)C4F)c(F)c3F)c(F)c2F)c(F)c1F.Fc1c(F)c(F)c(-c2c(F)c(F)c(F)c(F)c2F)c(F)c1F.OCC(F)(F)C(F)(F)C(F)(F)C(F)(F)CO. The molecule has 1 saturated carbocycles. The summed E-state index contributed by atoms with van der Waals surface area (Å²) < 4.78 is 593. The molecule has 7 nitrogen and oxygen atoms in total. The Hall–Kier alpha value is -10.8. The molecule has 0 aliphatic heterocycles. The first-order valence-electron chi connectivity index (χ1n) is 33.0. The first-order chi connectivity index (χ1) is 57.7. The summed E-state index contributed by atoms with van der Waals surface area (Å²) in [5.41, 5.74) is -8.02. The van der Waals surface area contributed by atoms with E-state index in [4.69, 9.17) is 21.7 Å². The molecule has 1 aliphatic rings. The van der Waals surface area contributed by atoms with Crippen molar-refractivity contribution in [2.45, 2.75) is 120 Å². The molecule has 0 heterocycles. The maximum atomic E-state index is 14.8. The van der Waals surface area contributed by atoms with Crippen molar-refractivity contribution in [1.29, 1.82) is 0 Å². The summed E-state index contributed by atoms with van der Waals surface area (Å²) in [6.45, 7) is -6.84. The molecule has 0 spiro atoms. The number of rotatable bonds is 19. The summed E-state index contributed by atoms with van der Waals surface area (Å²) in [5, 5.41) is 22.5. The van der Waals surface area contributed by atoms with Crippen LogP contribution < -0.4 is 14.2 Å². The molecule has 49 heteroatoms. The first kappa shape index (κ1) is 114. The van der Waals surface area contributed by atoms with Crippen molar-refractivity contribution in [2.75, 3.05) is 47.8 Å². The zero-order valence-electron chi connectivity index (χ0n) is 62.3. The lowest BCUT2D eigenvalue weighted by Crippen LogP contribution is -2.65. The van der Waals surface area contributed by atoms with E-state index in [-0.39, 0.29) is 14.9 Å². The van der Waals surface area contributed by atoms with Crippen LogP contribution in [0.1, 0.15) is 62.4 Å². The predicted octanol–water partition coefficient (Wildman–Crippen LogP) is 23.7. The second-order valence-corrected chi connectivity index (χ2v) is 24.0.